The maximum Gasteiger partial charge on any atom is 0.236 e. The lowest BCUT2D eigenvalue weighted by Crippen LogP contribution is -2.40. The molecule has 1 amide bonds. The molecule has 2 fully saturated rings. The highest BCUT2D eigenvalue weighted by molar-refractivity contribution is 5.78. The van der Waals surface area contributed by atoms with E-state index in [1.807, 2.05) is 4.90 Å². The molecule has 1 saturated heterocycles. The predicted octanol–water partition coefficient (Wildman–Crippen LogP) is 1.78. The summed E-state index contributed by atoms with van der Waals surface area (Å²) in [6.07, 6.45) is 6.28. The average molecular weight is 224 g/mol. The van der Waals surface area contributed by atoms with Crippen LogP contribution in [0.4, 0.5) is 0 Å². The van der Waals surface area contributed by atoms with Crippen molar-refractivity contribution in [2.24, 2.45) is 5.41 Å². The molecule has 0 aromatic carbocycles. The van der Waals surface area contributed by atoms with Crippen LogP contribution in [0.1, 0.15) is 46.0 Å². The van der Waals surface area contributed by atoms with Crippen molar-refractivity contribution in [2.45, 2.75) is 52.0 Å². The van der Waals surface area contributed by atoms with E-state index in [1.54, 1.807) is 0 Å². The number of carbonyl (C=O) groups is 1. The summed E-state index contributed by atoms with van der Waals surface area (Å²) in [5, 5.41) is 3.39. The summed E-state index contributed by atoms with van der Waals surface area (Å²) in [5.41, 5.74) is 0.322. The van der Waals surface area contributed by atoms with Crippen molar-refractivity contribution < 1.29 is 4.79 Å². The summed E-state index contributed by atoms with van der Waals surface area (Å²) < 4.78 is 0. The molecular weight excluding hydrogens is 200 g/mol. The molecule has 0 aromatic heterocycles. The first-order chi connectivity index (χ1) is 7.57. The van der Waals surface area contributed by atoms with Crippen molar-refractivity contribution in [1.82, 2.24) is 10.2 Å². The Bertz CT molecular complexity index is 257. The monoisotopic (exact) mass is 224 g/mol. The Balaban J connectivity index is 1.71. The van der Waals surface area contributed by atoms with Crippen molar-refractivity contribution in [2.75, 3.05) is 19.6 Å². The number of nitrogens with zero attached hydrogens (tertiary/aromatic N) is 1. The molecule has 0 bridgehead atoms. The van der Waals surface area contributed by atoms with Crippen LogP contribution in [0.25, 0.3) is 0 Å². The number of likely N-dealkylation sites (tertiary alicyclic amines) is 1. The van der Waals surface area contributed by atoms with Gasteiger partial charge < -0.3 is 10.2 Å². The van der Waals surface area contributed by atoms with E-state index in [0.29, 0.717) is 18.0 Å². The molecule has 92 valence electrons. The first-order valence-corrected chi connectivity index (χ1v) is 6.58. The highest BCUT2D eigenvalue weighted by Gasteiger charge is 2.31. The van der Waals surface area contributed by atoms with Gasteiger partial charge in [-0.1, -0.05) is 26.7 Å². The Morgan fingerprint density at radius 2 is 2.06 bits per heavy atom. The number of carbonyl (C=O) groups excluding carboxylic acids is 1. The van der Waals surface area contributed by atoms with Crippen molar-refractivity contribution in [1.29, 1.82) is 0 Å². The van der Waals surface area contributed by atoms with Crippen LogP contribution in [0.3, 0.4) is 0 Å². The third kappa shape index (κ3) is 2.97. The Morgan fingerprint density at radius 3 is 2.62 bits per heavy atom. The minimum Gasteiger partial charge on any atom is -0.341 e. The summed E-state index contributed by atoms with van der Waals surface area (Å²) in [6, 6.07) is 0.597. The van der Waals surface area contributed by atoms with Gasteiger partial charge in [0, 0.05) is 19.1 Å². The molecule has 0 atom stereocenters. The fourth-order valence-corrected chi connectivity index (χ4v) is 2.80. The topological polar surface area (TPSA) is 32.3 Å². The summed E-state index contributed by atoms with van der Waals surface area (Å²) in [4.78, 5) is 14.0. The normalized spacial score (nSPS) is 25.2. The minimum atomic E-state index is 0.289. The molecule has 3 nitrogen and oxygen atoms in total. The Labute approximate surface area is 98.6 Å². The van der Waals surface area contributed by atoms with E-state index in [2.05, 4.69) is 19.2 Å². The first-order valence-electron chi connectivity index (χ1n) is 6.58. The van der Waals surface area contributed by atoms with Crippen LogP contribution in [0.5, 0.6) is 0 Å². The van der Waals surface area contributed by atoms with E-state index < -0.39 is 0 Å². The number of hydrogen-bond acceptors (Lipinski definition) is 2. The molecule has 0 spiro atoms. The van der Waals surface area contributed by atoms with E-state index in [9.17, 15) is 4.79 Å². The lowest BCUT2D eigenvalue weighted by atomic mass is 9.93. The Hall–Kier alpha value is -0.570. The maximum absolute atomic E-state index is 12.0. The number of nitrogens with one attached hydrogen (secondary N) is 1. The fraction of sp³-hybridized carbons (Fsp3) is 0.923. The molecule has 3 heteroatoms. The standard InChI is InChI=1S/C13H24N2O/c1-13(2)7-8-15(10-13)12(16)9-14-11-5-3-4-6-11/h11,14H,3-10H2,1-2H3. The molecule has 1 N–H and O–H groups in total. The van der Waals surface area contributed by atoms with Gasteiger partial charge in [0.25, 0.3) is 0 Å². The van der Waals surface area contributed by atoms with Crippen LogP contribution in [0, 0.1) is 5.41 Å². The highest BCUT2D eigenvalue weighted by Crippen LogP contribution is 2.28. The van der Waals surface area contributed by atoms with Crippen LogP contribution in [-0.2, 0) is 4.79 Å². The van der Waals surface area contributed by atoms with Gasteiger partial charge in [-0.05, 0) is 24.7 Å². The van der Waals surface area contributed by atoms with Crippen molar-refractivity contribution in [3.63, 3.8) is 0 Å². The second-order valence-electron chi connectivity index (χ2n) is 6.09. The van der Waals surface area contributed by atoms with Crippen LogP contribution >= 0.6 is 0 Å². The van der Waals surface area contributed by atoms with Crippen molar-refractivity contribution in [3.8, 4) is 0 Å². The molecule has 1 aliphatic carbocycles. The smallest absolute Gasteiger partial charge is 0.236 e. The van der Waals surface area contributed by atoms with Gasteiger partial charge in [-0.15, -0.1) is 0 Å². The zero-order valence-corrected chi connectivity index (χ0v) is 10.6. The van der Waals surface area contributed by atoms with Gasteiger partial charge in [0.05, 0.1) is 6.54 Å². The van der Waals surface area contributed by atoms with E-state index in [-0.39, 0.29) is 5.91 Å². The van der Waals surface area contributed by atoms with Crippen molar-refractivity contribution in [3.05, 3.63) is 0 Å². The molecule has 0 aromatic rings. The summed E-state index contributed by atoms with van der Waals surface area (Å²) in [5.74, 6) is 0.289. The predicted molar refractivity (Wildman–Crippen MR) is 65.2 cm³/mol. The second kappa shape index (κ2) is 4.74. The first kappa shape index (κ1) is 11.9. The zero-order chi connectivity index (χ0) is 11.6. The Morgan fingerprint density at radius 1 is 1.38 bits per heavy atom. The largest absolute Gasteiger partial charge is 0.341 e. The highest BCUT2D eigenvalue weighted by atomic mass is 16.2. The van der Waals surface area contributed by atoms with Gasteiger partial charge in [0.2, 0.25) is 5.91 Å². The number of rotatable bonds is 3. The second-order valence-corrected chi connectivity index (χ2v) is 6.09. The number of amides is 1. The van der Waals surface area contributed by atoms with Crippen molar-refractivity contribution >= 4 is 5.91 Å². The SMILES string of the molecule is CC1(C)CCN(C(=O)CNC2CCCC2)C1. The van der Waals surface area contributed by atoms with Crippen LogP contribution < -0.4 is 5.32 Å². The molecule has 2 aliphatic rings. The molecule has 0 radical (unpaired) electrons. The Kier molecular flexibility index (Phi) is 3.53. The quantitative estimate of drug-likeness (QED) is 0.792. The molecule has 2 rings (SSSR count). The summed E-state index contributed by atoms with van der Waals surface area (Å²) >= 11 is 0. The van der Waals surface area contributed by atoms with Gasteiger partial charge in [-0.3, -0.25) is 4.79 Å². The zero-order valence-electron chi connectivity index (χ0n) is 10.6. The van der Waals surface area contributed by atoms with Gasteiger partial charge in [0.15, 0.2) is 0 Å². The fourth-order valence-electron chi connectivity index (χ4n) is 2.80. The number of hydrogen-bond donors (Lipinski definition) is 1. The van der Waals surface area contributed by atoms with Gasteiger partial charge in [-0.25, -0.2) is 0 Å². The van der Waals surface area contributed by atoms with E-state index in [1.165, 1.54) is 25.7 Å². The molecule has 16 heavy (non-hydrogen) atoms. The van der Waals surface area contributed by atoms with Gasteiger partial charge in [0.1, 0.15) is 0 Å². The molecule has 1 saturated carbocycles. The third-order valence-electron chi connectivity index (χ3n) is 3.93. The maximum atomic E-state index is 12.0. The lowest BCUT2D eigenvalue weighted by Gasteiger charge is -2.21. The van der Waals surface area contributed by atoms with Crippen LogP contribution in [-0.4, -0.2) is 36.5 Å². The molecule has 1 heterocycles. The summed E-state index contributed by atoms with van der Waals surface area (Å²) in [6.45, 7) is 6.90. The summed E-state index contributed by atoms with van der Waals surface area (Å²) in [7, 11) is 0. The average Bonchev–Trinajstić information content (AvgIpc) is 2.83. The van der Waals surface area contributed by atoms with E-state index >= 15 is 0 Å². The van der Waals surface area contributed by atoms with E-state index in [0.717, 1.165) is 19.5 Å². The third-order valence-corrected chi connectivity index (χ3v) is 3.93. The minimum absolute atomic E-state index is 0.289. The van der Waals surface area contributed by atoms with Gasteiger partial charge in [-0.2, -0.15) is 0 Å². The van der Waals surface area contributed by atoms with Gasteiger partial charge >= 0.3 is 0 Å². The molecule has 0 unspecified atom stereocenters. The molecular formula is C13H24N2O. The van der Waals surface area contributed by atoms with E-state index in [4.69, 9.17) is 0 Å². The molecule has 1 aliphatic heterocycles. The van der Waals surface area contributed by atoms with Crippen LogP contribution in [0.2, 0.25) is 0 Å². The van der Waals surface area contributed by atoms with Crippen LogP contribution in [0.15, 0.2) is 0 Å². The lowest BCUT2D eigenvalue weighted by molar-refractivity contribution is -0.129.